The Balaban J connectivity index is 3.20. The number of benzene rings is 1. The predicted molar refractivity (Wildman–Crippen MR) is 185 cm³/mol. The first-order chi connectivity index (χ1) is 24.2. The maximum atomic E-state index is 13.6. The molecule has 0 bridgehead atoms. The Kier molecular flexibility index (Phi) is 19.1. The van der Waals surface area contributed by atoms with Crippen molar-refractivity contribution in [2.75, 3.05) is 13.2 Å². The van der Waals surface area contributed by atoms with Crippen LogP contribution in [0.1, 0.15) is 52.5 Å². The number of hydrogen-bond donors (Lipinski definition) is 11. The molecule has 0 unspecified atom stereocenters. The lowest BCUT2D eigenvalue weighted by Gasteiger charge is -2.29. The minimum atomic E-state index is -4.80. The van der Waals surface area contributed by atoms with E-state index in [2.05, 4.69) is 31.1 Å². The summed E-state index contributed by atoms with van der Waals surface area (Å²) in [5.41, 5.74) is 16.8. The number of rotatable bonds is 24. The van der Waals surface area contributed by atoms with Gasteiger partial charge in [-0.05, 0) is 42.4 Å². The normalized spacial score (nSPS) is 15.0. The van der Waals surface area contributed by atoms with Gasteiger partial charge in [0.1, 0.15) is 30.2 Å². The van der Waals surface area contributed by atoms with Crippen molar-refractivity contribution in [1.82, 2.24) is 26.6 Å². The standard InChI is InChI=1S/C31H51N8O12P/c1-16(2)26(30(46)36-20(15-41)7-10-24(33)42)39-29(45)23(12-25(34)43)37-31(47)27(17(3)4)38-28(44)22(35-13-19(32)14-40)11-18-5-8-21(9-6-18)51-52(48,49)50/h5-6,8-9,15-17,19-20,22-23,26-27,35,40H,7,10-14,32H2,1-4H3,(H2,33,42)(H2,34,43)(H,36,46)(H,37,47)(H,38,44)(H,39,45)(H2,48,49,50)/t19-,20+,22+,23+,26+,27+/m1/s1. The fourth-order valence-corrected chi connectivity index (χ4v) is 5.07. The van der Waals surface area contributed by atoms with Crippen LogP contribution in [-0.2, 0) is 44.5 Å². The van der Waals surface area contributed by atoms with Crippen LogP contribution in [0, 0.1) is 11.8 Å². The highest BCUT2D eigenvalue weighted by atomic mass is 31.2. The number of aliphatic hydroxyl groups is 1. The van der Waals surface area contributed by atoms with E-state index in [9.17, 15) is 43.2 Å². The molecule has 1 aromatic carbocycles. The molecule has 0 aliphatic heterocycles. The quantitative estimate of drug-likeness (QED) is 0.0361. The third-order valence-electron chi connectivity index (χ3n) is 7.49. The van der Waals surface area contributed by atoms with Gasteiger partial charge >= 0.3 is 7.82 Å². The Morgan fingerprint density at radius 2 is 1.33 bits per heavy atom. The molecule has 21 heteroatoms. The van der Waals surface area contributed by atoms with Gasteiger partial charge in [-0.3, -0.25) is 38.6 Å². The van der Waals surface area contributed by atoms with E-state index in [0.29, 0.717) is 11.8 Å². The highest BCUT2D eigenvalue weighted by Crippen LogP contribution is 2.37. The van der Waals surface area contributed by atoms with Crippen LogP contribution in [0.2, 0.25) is 0 Å². The number of carbonyl (C=O) groups excluding carboxylic acids is 7. The number of aliphatic hydroxyl groups excluding tert-OH is 1. The van der Waals surface area contributed by atoms with Crippen LogP contribution in [0.15, 0.2) is 24.3 Å². The first-order valence-corrected chi connectivity index (χ1v) is 17.9. The van der Waals surface area contributed by atoms with Crippen molar-refractivity contribution < 1.29 is 57.5 Å². The Morgan fingerprint density at radius 1 is 0.808 bits per heavy atom. The highest BCUT2D eigenvalue weighted by Gasteiger charge is 2.34. The minimum Gasteiger partial charge on any atom is -0.404 e. The van der Waals surface area contributed by atoms with Gasteiger partial charge < -0.3 is 58.2 Å². The molecule has 0 radical (unpaired) electrons. The summed E-state index contributed by atoms with van der Waals surface area (Å²) < 4.78 is 15.7. The lowest BCUT2D eigenvalue weighted by molar-refractivity contribution is -0.136. The molecule has 292 valence electrons. The molecule has 0 saturated heterocycles. The molecule has 1 rings (SSSR count). The van der Waals surface area contributed by atoms with E-state index in [1.165, 1.54) is 24.3 Å². The third kappa shape index (κ3) is 17.2. The van der Waals surface area contributed by atoms with Crippen LogP contribution in [0.4, 0.5) is 0 Å². The average molecular weight is 759 g/mol. The smallest absolute Gasteiger partial charge is 0.404 e. The summed E-state index contributed by atoms with van der Waals surface area (Å²) in [6.45, 7) is 5.99. The molecule has 0 spiro atoms. The Bertz CT molecular complexity index is 1440. The number of phosphoric ester groups is 1. The molecule has 52 heavy (non-hydrogen) atoms. The molecule has 6 amide bonds. The SMILES string of the molecule is CC(C)[C@H](NC(=O)[C@H](CC(N)=O)NC(=O)[C@@H](NC(=O)[C@H](Cc1ccc(OP(=O)(O)O)cc1)NC[C@@H](N)CO)C(C)C)C(=O)N[C@H](C=O)CCC(N)=O. The van der Waals surface area contributed by atoms with Gasteiger partial charge in [-0.25, -0.2) is 4.57 Å². The minimum absolute atomic E-state index is 0.00847. The molecule has 14 N–H and O–H groups in total. The number of nitrogens with two attached hydrogens (primary N) is 3. The van der Waals surface area contributed by atoms with Gasteiger partial charge in [0.2, 0.25) is 35.4 Å². The first kappa shape index (κ1) is 45.6. The number of carbonyl (C=O) groups is 7. The molecule has 0 fully saturated rings. The second kappa shape index (κ2) is 21.8. The zero-order chi connectivity index (χ0) is 39.8. The molecule has 0 aromatic heterocycles. The van der Waals surface area contributed by atoms with Gasteiger partial charge in [0, 0.05) is 19.0 Å². The van der Waals surface area contributed by atoms with Crippen LogP contribution in [0.5, 0.6) is 5.75 Å². The van der Waals surface area contributed by atoms with Crippen LogP contribution in [-0.4, -0.2) is 106 Å². The topological polar surface area (TPSA) is 345 Å². The van der Waals surface area contributed by atoms with Crippen molar-refractivity contribution in [1.29, 1.82) is 0 Å². The third-order valence-corrected chi connectivity index (χ3v) is 7.94. The molecular formula is C31H51N8O12P. The summed E-state index contributed by atoms with van der Waals surface area (Å²) in [6, 6.07) is -1.47. The van der Waals surface area contributed by atoms with Gasteiger partial charge in [0.15, 0.2) is 0 Å². The first-order valence-electron chi connectivity index (χ1n) is 16.3. The van der Waals surface area contributed by atoms with Crippen molar-refractivity contribution >= 4 is 49.6 Å². The van der Waals surface area contributed by atoms with Gasteiger partial charge in [-0.1, -0.05) is 39.8 Å². The van der Waals surface area contributed by atoms with Crippen LogP contribution in [0.3, 0.4) is 0 Å². The summed E-state index contributed by atoms with van der Waals surface area (Å²) in [7, 11) is -4.80. The molecule has 0 heterocycles. The Hall–Kier alpha value is -4.46. The molecule has 0 aliphatic rings. The van der Waals surface area contributed by atoms with E-state index < -0.39 is 104 Å². The monoisotopic (exact) mass is 758 g/mol. The van der Waals surface area contributed by atoms with E-state index in [0.717, 1.165) is 0 Å². The Labute approximate surface area is 301 Å². The largest absolute Gasteiger partial charge is 0.524 e. The van der Waals surface area contributed by atoms with Gasteiger partial charge in [-0.2, -0.15) is 0 Å². The zero-order valence-corrected chi connectivity index (χ0v) is 30.3. The molecule has 20 nitrogen and oxygen atoms in total. The second-order valence-corrected chi connectivity index (χ2v) is 13.9. The van der Waals surface area contributed by atoms with Crippen molar-refractivity contribution in [2.24, 2.45) is 29.0 Å². The zero-order valence-electron chi connectivity index (χ0n) is 29.4. The highest BCUT2D eigenvalue weighted by molar-refractivity contribution is 7.46. The predicted octanol–water partition coefficient (Wildman–Crippen LogP) is -3.43. The van der Waals surface area contributed by atoms with E-state index >= 15 is 0 Å². The molecule has 6 atom stereocenters. The maximum Gasteiger partial charge on any atom is 0.524 e. The maximum absolute atomic E-state index is 13.6. The van der Waals surface area contributed by atoms with Crippen LogP contribution >= 0.6 is 7.82 Å². The number of primary amides is 2. The molecular weight excluding hydrogens is 707 g/mol. The lowest BCUT2D eigenvalue weighted by Crippen LogP contribution is -2.61. The summed E-state index contributed by atoms with van der Waals surface area (Å²) >= 11 is 0. The van der Waals surface area contributed by atoms with E-state index in [-0.39, 0.29) is 31.6 Å². The summed E-state index contributed by atoms with van der Waals surface area (Å²) in [5.74, 6) is -6.18. The molecule has 1 aromatic rings. The van der Waals surface area contributed by atoms with Crippen molar-refractivity contribution in [3.8, 4) is 5.75 Å². The van der Waals surface area contributed by atoms with Gasteiger partial charge in [0.05, 0.1) is 25.1 Å². The second-order valence-electron chi connectivity index (χ2n) is 12.8. The van der Waals surface area contributed by atoms with Crippen molar-refractivity contribution in [3.63, 3.8) is 0 Å². The summed E-state index contributed by atoms with van der Waals surface area (Å²) in [5, 5.41) is 22.2. The molecule has 0 saturated carbocycles. The van der Waals surface area contributed by atoms with E-state index in [4.69, 9.17) is 27.0 Å². The van der Waals surface area contributed by atoms with Crippen molar-refractivity contribution in [2.45, 2.75) is 89.6 Å². The fourth-order valence-electron chi connectivity index (χ4n) is 4.67. The Morgan fingerprint density at radius 3 is 1.77 bits per heavy atom. The average Bonchev–Trinajstić information content (AvgIpc) is 3.04. The van der Waals surface area contributed by atoms with Gasteiger partial charge in [-0.15, -0.1) is 0 Å². The molecule has 0 aliphatic carbocycles. The number of amides is 6. The number of aldehydes is 1. The number of hydrogen-bond acceptors (Lipinski definition) is 12. The number of nitrogens with one attached hydrogen (secondary N) is 5. The van der Waals surface area contributed by atoms with Crippen LogP contribution < -0.4 is 48.3 Å². The van der Waals surface area contributed by atoms with Gasteiger partial charge in [0.25, 0.3) is 0 Å². The summed E-state index contributed by atoms with van der Waals surface area (Å²) in [4.78, 5) is 106. The van der Waals surface area contributed by atoms with E-state index in [1.54, 1.807) is 27.7 Å². The van der Waals surface area contributed by atoms with E-state index in [1.807, 2.05) is 0 Å². The summed E-state index contributed by atoms with van der Waals surface area (Å²) in [6.07, 6.45) is -0.524. The van der Waals surface area contributed by atoms with Crippen LogP contribution in [0.25, 0.3) is 0 Å². The fraction of sp³-hybridized carbons (Fsp3) is 0.581. The van der Waals surface area contributed by atoms with Crippen molar-refractivity contribution in [3.05, 3.63) is 29.8 Å². The number of phosphoric acid groups is 1. The lowest BCUT2D eigenvalue weighted by atomic mass is 9.99.